The molecule has 1 aromatic carbocycles. The molecule has 0 aliphatic carbocycles. The number of amides is 1. The molecule has 1 amide bonds. The van der Waals surface area contributed by atoms with Crippen molar-refractivity contribution in [2.75, 3.05) is 19.8 Å². The zero-order valence-electron chi connectivity index (χ0n) is 10.8. The summed E-state index contributed by atoms with van der Waals surface area (Å²) in [5.41, 5.74) is 0.570. The van der Waals surface area contributed by atoms with Crippen molar-refractivity contribution in [2.45, 2.75) is 19.3 Å². The van der Waals surface area contributed by atoms with Gasteiger partial charge in [-0.05, 0) is 31.0 Å². The van der Waals surface area contributed by atoms with Crippen LogP contribution < -0.4 is 10.1 Å². The van der Waals surface area contributed by atoms with Crippen LogP contribution in [-0.2, 0) is 4.79 Å². The lowest BCUT2D eigenvalue weighted by atomic mass is 10.2. The van der Waals surface area contributed by atoms with Crippen LogP contribution in [0.1, 0.15) is 24.8 Å². The standard InChI is InChI=1S/C14H18N2O3/c15-11-12-4-3-5-13(10-12)19-9-2-1-6-14(18)16-7-8-17/h3-5,10,17H,1-2,6-9H2,(H,16,18). The first-order chi connectivity index (χ1) is 9.26. The lowest BCUT2D eigenvalue weighted by molar-refractivity contribution is -0.121. The van der Waals surface area contributed by atoms with Gasteiger partial charge in [0, 0.05) is 13.0 Å². The first kappa shape index (κ1) is 15.0. The van der Waals surface area contributed by atoms with Gasteiger partial charge in [-0.2, -0.15) is 5.26 Å². The molecule has 2 N–H and O–H groups in total. The molecule has 1 rings (SSSR count). The van der Waals surface area contributed by atoms with Crippen LogP contribution in [0.2, 0.25) is 0 Å². The maximum Gasteiger partial charge on any atom is 0.220 e. The van der Waals surface area contributed by atoms with Crippen LogP contribution in [0, 0.1) is 11.3 Å². The number of benzene rings is 1. The van der Waals surface area contributed by atoms with E-state index in [1.807, 2.05) is 0 Å². The van der Waals surface area contributed by atoms with Crippen LogP contribution in [0.3, 0.4) is 0 Å². The van der Waals surface area contributed by atoms with Crippen molar-refractivity contribution in [3.05, 3.63) is 29.8 Å². The quantitative estimate of drug-likeness (QED) is 0.690. The lowest BCUT2D eigenvalue weighted by Crippen LogP contribution is -2.26. The van der Waals surface area contributed by atoms with E-state index in [2.05, 4.69) is 11.4 Å². The molecule has 0 aliphatic rings. The number of hydrogen-bond donors (Lipinski definition) is 2. The zero-order valence-corrected chi connectivity index (χ0v) is 10.8. The van der Waals surface area contributed by atoms with Crippen LogP contribution in [0.25, 0.3) is 0 Å². The third-order valence-corrected chi connectivity index (χ3v) is 2.46. The Bertz CT molecular complexity index is 441. The molecule has 0 aromatic heterocycles. The molecule has 0 saturated heterocycles. The number of rotatable bonds is 8. The second-order valence-electron chi connectivity index (χ2n) is 4.02. The molecule has 19 heavy (non-hydrogen) atoms. The highest BCUT2D eigenvalue weighted by Crippen LogP contribution is 2.13. The highest BCUT2D eigenvalue weighted by atomic mass is 16.5. The van der Waals surface area contributed by atoms with Gasteiger partial charge in [-0.1, -0.05) is 6.07 Å². The van der Waals surface area contributed by atoms with Gasteiger partial charge in [0.2, 0.25) is 5.91 Å². The summed E-state index contributed by atoms with van der Waals surface area (Å²) < 4.78 is 5.49. The number of unbranched alkanes of at least 4 members (excludes halogenated alkanes) is 1. The van der Waals surface area contributed by atoms with E-state index in [1.54, 1.807) is 24.3 Å². The monoisotopic (exact) mass is 262 g/mol. The SMILES string of the molecule is N#Cc1cccc(OCCCCC(=O)NCCO)c1. The molecular weight excluding hydrogens is 244 g/mol. The Hall–Kier alpha value is -2.06. The largest absolute Gasteiger partial charge is 0.494 e. The predicted molar refractivity (Wildman–Crippen MR) is 70.6 cm³/mol. The maximum absolute atomic E-state index is 11.2. The molecule has 0 radical (unpaired) electrons. The number of carbonyl (C=O) groups excluding carboxylic acids is 1. The molecule has 102 valence electrons. The fourth-order valence-electron chi connectivity index (χ4n) is 1.52. The minimum absolute atomic E-state index is 0.0376. The summed E-state index contributed by atoms with van der Waals surface area (Å²) in [5, 5.41) is 19.9. The fourth-order valence-corrected chi connectivity index (χ4v) is 1.52. The predicted octanol–water partition coefficient (Wildman–Crippen LogP) is 1.22. The molecule has 1 aromatic rings. The van der Waals surface area contributed by atoms with Gasteiger partial charge in [0.1, 0.15) is 5.75 Å². The smallest absolute Gasteiger partial charge is 0.220 e. The van der Waals surface area contributed by atoms with Crippen molar-refractivity contribution in [3.63, 3.8) is 0 Å². The second-order valence-corrected chi connectivity index (χ2v) is 4.02. The number of nitrogens with one attached hydrogen (secondary N) is 1. The summed E-state index contributed by atoms with van der Waals surface area (Å²) in [6.45, 7) is 0.780. The van der Waals surface area contributed by atoms with Gasteiger partial charge in [0.05, 0.1) is 24.8 Å². The Balaban J connectivity index is 2.14. The van der Waals surface area contributed by atoms with Gasteiger partial charge >= 0.3 is 0 Å². The van der Waals surface area contributed by atoms with Gasteiger partial charge in [-0.3, -0.25) is 4.79 Å². The third-order valence-electron chi connectivity index (χ3n) is 2.46. The molecule has 0 aliphatic heterocycles. The van der Waals surface area contributed by atoms with E-state index in [-0.39, 0.29) is 12.5 Å². The summed E-state index contributed by atoms with van der Waals surface area (Å²) in [4.78, 5) is 11.2. The number of nitriles is 1. The average Bonchev–Trinajstić information content (AvgIpc) is 2.45. The van der Waals surface area contributed by atoms with Crippen molar-refractivity contribution >= 4 is 5.91 Å². The van der Waals surface area contributed by atoms with E-state index in [0.717, 1.165) is 12.8 Å². The number of aliphatic hydroxyl groups is 1. The van der Waals surface area contributed by atoms with Crippen LogP contribution >= 0.6 is 0 Å². The fraction of sp³-hybridized carbons (Fsp3) is 0.429. The first-order valence-electron chi connectivity index (χ1n) is 6.27. The minimum atomic E-state index is -0.0551. The first-order valence-corrected chi connectivity index (χ1v) is 6.27. The van der Waals surface area contributed by atoms with Gasteiger partial charge < -0.3 is 15.2 Å². The van der Waals surface area contributed by atoms with Crippen LogP contribution in [-0.4, -0.2) is 30.8 Å². The van der Waals surface area contributed by atoms with Crippen LogP contribution in [0.5, 0.6) is 5.75 Å². The molecule has 0 unspecified atom stereocenters. The van der Waals surface area contributed by atoms with E-state index in [1.165, 1.54) is 0 Å². The van der Waals surface area contributed by atoms with Crippen molar-refractivity contribution in [3.8, 4) is 11.8 Å². The van der Waals surface area contributed by atoms with Gasteiger partial charge in [0.25, 0.3) is 0 Å². The van der Waals surface area contributed by atoms with E-state index >= 15 is 0 Å². The van der Waals surface area contributed by atoms with E-state index in [9.17, 15) is 4.79 Å². The molecule has 5 nitrogen and oxygen atoms in total. The molecule has 0 fully saturated rings. The average molecular weight is 262 g/mol. The van der Waals surface area contributed by atoms with Crippen LogP contribution in [0.15, 0.2) is 24.3 Å². The van der Waals surface area contributed by atoms with E-state index in [4.69, 9.17) is 15.1 Å². The summed E-state index contributed by atoms with van der Waals surface area (Å²) in [7, 11) is 0. The van der Waals surface area contributed by atoms with Gasteiger partial charge in [0.15, 0.2) is 0 Å². The summed E-state index contributed by atoms with van der Waals surface area (Å²) in [6, 6.07) is 9.03. The van der Waals surface area contributed by atoms with Crippen molar-refractivity contribution < 1.29 is 14.6 Å². The Morgan fingerprint density at radius 1 is 1.42 bits per heavy atom. The summed E-state index contributed by atoms with van der Waals surface area (Å²) >= 11 is 0. The van der Waals surface area contributed by atoms with Gasteiger partial charge in [-0.25, -0.2) is 0 Å². The zero-order chi connectivity index (χ0) is 13.9. The topological polar surface area (TPSA) is 82.3 Å². The van der Waals surface area contributed by atoms with Gasteiger partial charge in [-0.15, -0.1) is 0 Å². The Morgan fingerprint density at radius 3 is 3.00 bits per heavy atom. The summed E-state index contributed by atoms with van der Waals surface area (Å²) in [6.07, 6.45) is 1.93. The number of aliphatic hydroxyl groups excluding tert-OH is 1. The molecular formula is C14H18N2O3. The van der Waals surface area contributed by atoms with Crippen molar-refractivity contribution in [2.24, 2.45) is 0 Å². The molecule has 0 atom stereocenters. The number of nitrogens with zero attached hydrogens (tertiary/aromatic N) is 1. The Morgan fingerprint density at radius 2 is 2.26 bits per heavy atom. The molecule has 0 bridgehead atoms. The number of carbonyl (C=O) groups is 1. The molecule has 0 spiro atoms. The second kappa shape index (κ2) is 8.95. The summed E-state index contributed by atoms with van der Waals surface area (Å²) in [5.74, 6) is 0.615. The van der Waals surface area contributed by atoms with Crippen molar-refractivity contribution in [1.29, 1.82) is 5.26 Å². The van der Waals surface area contributed by atoms with Crippen LogP contribution in [0.4, 0.5) is 0 Å². The lowest BCUT2D eigenvalue weighted by Gasteiger charge is -2.06. The molecule has 0 heterocycles. The Kier molecular flexibility index (Phi) is 7.06. The number of ether oxygens (including phenoxy) is 1. The number of hydrogen-bond acceptors (Lipinski definition) is 4. The van der Waals surface area contributed by atoms with E-state index in [0.29, 0.717) is 30.9 Å². The highest BCUT2D eigenvalue weighted by molar-refractivity contribution is 5.75. The highest BCUT2D eigenvalue weighted by Gasteiger charge is 2.00. The minimum Gasteiger partial charge on any atom is -0.494 e. The van der Waals surface area contributed by atoms with Crippen molar-refractivity contribution in [1.82, 2.24) is 5.32 Å². The maximum atomic E-state index is 11.2. The molecule has 5 heteroatoms. The van der Waals surface area contributed by atoms with E-state index < -0.39 is 0 Å². The Labute approximate surface area is 112 Å². The third kappa shape index (κ3) is 6.43. The normalized spacial score (nSPS) is 9.68. The molecule has 0 saturated carbocycles.